The average molecular weight is 287 g/mol. The molecule has 0 heterocycles. The molecule has 0 spiro atoms. The highest BCUT2D eigenvalue weighted by Crippen LogP contribution is 2.32. The maximum Gasteiger partial charge on any atom is 0.225 e. The van der Waals surface area contributed by atoms with Crippen molar-refractivity contribution in [2.24, 2.45) is 5.41 Å². The Morgan fingerprint density at radius 3 is 2.57 bits per heavy atom. The number of carbonyl (C=O) groups excluding carboxylic acids is 1. The molecule has 0 saturated heterocycles. The molecule has 0 bridgehead atoms. The molecule has 1 amide bonds. The van der Waals surface area contributed by atoms with E-state index >= 15 is 0 Å². The minimum Gasteiger partial charge on any atom is -0.381 e. The van der Waals surface area contributed by atoms with E-state index in [-0.39, 0.29) is 11.9 Å². The van der Waals surface area contributed by atoms with Gasteiger partial charge < -0.3 is 16.0 Å². The van der Waals surface area contributed by atoms with Crippen molar-refractivity contribution in [3.8, 4) is 0 Å². The molecule has 0 aromatic heterocycles. The number of amides is 1. The van der Waals surface area contributed by atoms with Gasteiger partial charge in [-0.2, -0.15) is 0 Å². The van der Waals surface area contributed by atoms with Crippen molar-refractivity contribution < 1.29 is 4.79 Å². The van der Waals surface area contributed by atoms with Gasteiger partial charge in [0.25, 0.3) is 0 Å². The Hall–Kier alpha value is -1.84. The van der Waals surface area contributed by atoms with E-state index in [1.165, 1.54) is 19.1 Å². The molecule has 3 N–H and O–H groups in total. The second-order valence-electron chi connectivity index (χ2n) is 6.82. The zero-order valence-corrected chi connectivity index (χ0v) is 13.3. The maximum absolute atomic E-state index is 12.2. The van der Waals surface area contributed by atoms with Gasteiger partial charge in [-0.05, 0) is 25.3 Å². The average Bonchev–Trinajstić information content (AvgIpc) is 3.21. The fourth-order valence-electron chi connectivity index (χ4n) is 2.16. The number of hydrogen-bond donors (Lipinski definition) is 3. The van der Waals surface area contributed by atoms with Crippen LogP contribution in [0.3, 0.4) is 0 Å². The van der Waals surface area contributed by atoms with E-state index in [0.29, 0.717) is 6.04 Å². The normalized spacial score (nSPS) is 16.2. The van der Waals surface area contributed by atoms with Gasteiger partial charge in [0.05, 0.1) is 6.04 Å². The van der Waals surface area contributed by atoms with Gasteiger partial charge in [-0.25, -0.2) is 0 Å². The van der Waals surface area contributed by atoms with Gasteiger partial charge in [-0.15, -0.1) is 0 Å². The topological polar surface area (TPSA) is 65.0 Å². The predicted molar refractivity (Wildman–Crippen MR) is 87.0 cm³/mol. The van der Waals surface area contributed by atoms with Crippen LogP contribution in [0.2, 0.25) is 0 Å². The number of carbonyl (C=O) groups is 1. The van der Waals surface area contributed by atoms with Crippen LogP contribution in [0.5, 0.6) is 0 Å². The third kappa shape index (κ3) is 3.84. The molecule has 0 radical (unpaired) electrons. The molecule has 0 aliphatic heterocycles. The number of benzene rings is 1. The minimum absolute atomic E-state index is 0.0348. The highest BCUT2D eigenvalue weighted by atomic mass is 16.2. The van der Waals surface area contributed by atoms with Crippen LogP contribution >= 0.6 is 0 Å². The van der Waals surface area contributed by atoms with E-state index in [0.717, 1.165) is 16.8 Å². The van der Waals surface area contributed by atoms with Gasteiger partial charge in [0.1, 0.15) is 0 Å². The molecule has 114 valence electrons. The number of anilines is 1. The van der Waals surface area contributed by atoms with Gasteiger partial charge in [-0.1, -0.05) is 39.0 Å². The highest BCUT2D eigenvalue weighted by Gasteiger charge is 2.26. The Labute approximate surface area is 126 Å². The summed E-state index contributed by atoms with van der Waals surface area (Å²) in [5.74, 6) is 0.0348. The van der Waals surface area contributed by atoms with Gasteiger partial charge >= 0.3 is 0 Å². The fraction of sp³-hybridized carbons (Fsp3) is 0.529. The van der Waals surface area contributed by atoms with E-state index in [1.807, 2.05) is 45.9 Å². The van der Waals surface area contributed by atoms with Crippen molar-refractivity contribution in [2.45, 2.75) is 52.6 Å². The lowest BCUT2D eigenvalue weighted by atomic mass is 9.94. The zero-order chi connectivity index (χ0) is 15.6. The molecule has 1 aliphatic carbocycles. The van der Waals surface area contributed by atoms with Crippen LogP contribution in [0.1, 0.15) is 57.7 Å². The molecule has 4 heteroatoms. The van der Waals surface area contributed by atoms with Crippen LogP contribution in [0.4, 0.5) is 5.69 Å². The molecular formula is C17H25N3O. The van der Waals surface area contributed by atoms with Crippen molar-refractivity contribution in [3.05, 3.63) is 29.3 Å². The first-order chi connectivity index (χ1) is 9.82. The fourth-order valence-corrected chi connectivity index (χ4v) is 2.16. The largest absolute Gasteiger partial charge is 0.381 e. The summed E-state index contributed by atoms with van der Waals surface area (Å²) in [6.45, 7) is 7.72. The van der Waals surface area contributed by atoms with Crippen molar-refractivity contribution in [1.82, 2.24) is 5.32 Å². The second kappa shape index (κ2) is 5.88. The van der Waals surface area contributed by atoms with E-state index in [1.54, 1.807) is 0 Å². The lowest BCUT2D eigenvalue weighted by Gasteiger charge is -2.24. The van der Waals surface area contributed by atoms with Gasteiger partial charge in [-0.3, -0.25) is 4.79 Å². The number of para-hydroxylation sites is 1. The summed E-state index contributed by atoms with van der Waals surface area (Å²) >= 11 is 0. The van der Waals surface area contributed by atoms with Crippen LogP contribution in [0, 0.1) is 10.8 Å². The molecule has 21 heavy (non-hydrogen) atoms. The second-order valence-corrected chi connectivity index (χ2v) is 6.82. The first-order valence-electron chi connectivity index (χ1n) is 7.54. The summed E-state index contributed by atoms with van der Waals surface area (Å²) < 4.78 is 0. The summed E-state index contributed by atoms with van der Waals surface area (Å²) in [6, 6.07) is 6.31. The molecule has 2 rings (SSSR count). The number of rotatable bonds is 5. The van der Waals surface area contributed by atoms with E-state index in [4.69, 9.17) is 5.41 Å². The lowest BCUT2D eigenvalue weighted by molar-refractivity contribution is -0.129. The molecule has 1 aromatic rings. The van der Waals surface area contributed by atoms with Crippen LogP contribution in [-0.4, -0.2) is 18.2 Å². The zero-order valence-electron chi connectivity index (χ0n) is 13.3. The SMILES string of the molecule is CC(NC(=O)C(C)(C)C)c1cccc(C=N)c1NC1CC1. The molecule has 1 unspecified atom stereocenters. The number of hydrogen-bond acceptors (Lipinski definition) is 3. The van der Waals surface area contributed by atoms with Crippen LogP contribution in [0.25, 0.3) is 0 Å². The van der Waals surface area contributed by atoms with Crippen molar-refractivity contribution >= 4 is 17.8 Å². The van der Waals surface area contributed by atoms with Gasteiger partial charge in [0.15, 0.2) is 0 Å². The molecule has 4 nitrogen and oxygen atoms in total. The Kier molecular flexibility index (Phi) is 4.35. The van der Waals surface area contributed by atoms with E-state index < -0.39 is 5.41 Å². The summed E-state index contributed by atoms with van der Waals surface area (Å²) in [6.07, 6.45) is 3.72. The van der Waals surface area contributed by atoms with Gasteiger partial charge in [0, 0.05) is 28.9 Å². The molecule has 1 saturated carbocycles. The molecule has 1 aromatic carbocycles. The smallest absolute Gasteiger partial charge is 0.225 e. The Morgan fingerprint density at radius 1 is 1.38 bits per heavy atom. The predicted octanol–water partition coefficient (Wildman–Crippen LogP) is 3.48. The summed E-state index contributed by atoms with van der Waals surface area (Å²) in [4.78, 5) is 12.2. The van der Waals surface area contributed by atoms with E-state index in [9.17, 15) is 4.79 Å². The lowest BCUT2D eigenvalue weighted by Crippen LogP contribution is -2.36. The summed E-state index contributed by atoms with van der Waals surface area (Å²) in [5, 5.41) is 14.1. The third-order valence-electron chi connectivity index (χ3n) is 3.71. The summed E-state index contributed by atoms with van der Waals surface area (Å²) in [7, 11) is 0. The monoisotopic (exact) mass is 287 g/mol. The first-order valence-corrected chi connectivity index (χ1v) is 7.54. The number of nitrogens with one attached hydrogen (secondary N) is 3. The maximum atomic E-state index is 12.2. The van der Waals surface area contributed by atoms with Gasteiger partial charge in [0.2, 0.25) is 5.91 Å². The third-order valence-corrected chi connectivity index (χ3v) is 3.71. The Balaban J connectivity index is 2.24. The standard InChI is InChI=1S/C17H25N3O/c1-11(19-16(21)17(2,3)4)14-7-5-6-12(10-18)15(14)20-13-8-9-13/h5-7,10-11,13,18,20H,8-9H2,1-4H3,(H,19,21). The highest BCUT2D eigenvalue weighted by molar-refractivity contribution is 5.88. The minimum atomic E-state index is -0.405. The van der Waals surface area contributed by atoms with Crippen molar-refractivity contribution in [3.63, 3.8) is 0 Å². The Morgan fingerprint density at radius 2 is 2.05 bits per heavy atom. The van der Waals surface area contributed by atoms with Crippen LogP contribution in [-0.2, 0) is 4.79 Å². The Bertz CT molecular complexity index is 541. The van der Waals surface area contributed by atoms with Crippen LogP contribution < -0.4 is 10.6 Å². The molecule has 1 aliphatic rings. The van der Waals surface area contributed by atoms with Crippen molar-refractivity contribution in [1.29, 1.82) is 5.41 Å². The first kappa shape index (κ1) is 15.5. The van der Waals surface area contributed by atoms with E-state index in [2.05, 4.69) is 10.6 Å². The molecular weight excluding hydrogens is 262 g/mol. The quantitative estimate of drug-likeness (QED) is 0.726. The van der Waals surface area contributed by atoms with Crippen LogP contribution in [0.15, 0.2) is 18.2 Å². The van der Waals surface area contributed by atoms with Crippen molar-refractivity contribution in [2.75, 3.05) is 5.32 Å². The summed E-state index contributed by atoms with van der Waals surface area (Å²) in [5.41, 5.74) is 2.49. The molecule has 1 atom stereocenters. The molecule has 1 fully saturated rings.